The van der Waals surface area contributed by atoms with Gasteiger partial charge < -0.3 is 30.2 Å². The Bertz CT molecular complexity index is 2060. The van der Waals surface area contributed by atoms with Crippen molar-refractivity contribution in [2.45, 2.75) is 0 Å². The van der Waals surface area contributed by atoms with Gasteiger partial charge in [-0.25, -0.2) is 13.8 Å². The summed E-state index contributed by atoms with van der Waals surface area (Å²) in [5.74, 6) is 2.26. The molecule has 0 bridgehead atoms. The molecule has 0 fully saturated rings. The average Bonchev–Trinajstić information content (AvgIpc) is 3.53. The number of fused-ring (bicyclic) bond motifs is 2. The van der Waals surface area contributed by atoms with E-state index in [2.05, 4.69) is 41.8 Å². The summed E-state index contributed by atoms with van der Waals surface area (Å²) < 4.78 is 18.6. The monoisotopic (exact) mass is 629 g/mol. The van der Waals surface area contributed by atoms with Crippen molar-refractivity contribution in [3.8, 4) is 17.2 Å². The number of benzene rings is 3. The molecule has 212 valence electrons. The van der Waals surface area contributed by atoms with E-state index in [1.54, 1.807) is 94.1 Å². The molecule has 0 saturated heterocycles. The number of rotatable bonds is 9. The van der Waals surface area contributed by atoms with Crippen LogP contribution in [0.15, 0.2) is 87.0 Å². The summed E-state index contributed by atoms with van der Waals surface area (Å²) in [7, 11) is 4.68. The minimum absolute atomic E-state index is 0.0132. The fourth-order valence-electron chi connectivity index (χ4n) is 4.56. The van der Waals surface area contributed by atoms with Gasteiger partial charge in [0.25, 0.3) is 11.1 Å². The maximum atomic E-state index is 14.2. The Kier molecular flexibility index (Phi) is 7.00. The molecule has 42 heavy (non-hydrogen) atoms. The zero-order valence-corrected chi connectivity index (χ0v) is 24.2. The molecule has 0 spiro atoms. The number of methoxy groups -OCH3 is 3. The second-order valence-electron chi connectivity index (χ2n) is 9.06. The molecule has 13 heteroatoms. The van der Waals surface area contributed by atoms with Crippen molar-refractivity contribution < 1.29 is 14.2 Å². The van der Waals surface area contributed by atoms with Gasteiger partial charge in [0.1, 0.15) is 21.9 Å². The predicted octanol–water partition coefficient (Wildman–Crippen LogP) is 5.16. The van der Waals surface area contributed by atoms with Gasteiger partial charge >= 0.3 is 0 Å². The minimum Gasteiger partial charge on any atom is -0.497 e. The van der Waals surface area contributed by atoms with Crippen LogP contribution < -0.4 is 41.3 Å². The van der Waals surface area contributed by atoms with Crippen LogP contribution in [0.5, 0.6) is 17.2 Å². The first-order valence-corrected chi connectivity index (χ1v) is 13.4. The summed E-state index contributed by atoms with van der Waals surface area (Å²) in [6.45, 7) is 0. The molecule has 0 radical (unpaired) electrons. The van der Waals surface area contributed by atoms with Gasteiger partial charge in [-0.15, -0.1) is 0 Å². The maximum absolute atomic E-state index is 14.2. The summed E-state index contributed by atoms with van der Waals surface area (Å²) in [6.07, 6.45) is 0. The molecule has 0 saturated carbocycles. The van der Waals surface area contributed by atoms with E-state index in [9.17, 15) is 9.59 Å². The fourth-order valence-corrected chi connectivity index (χ4v) is 5.07. The first-order chi connectivity index (χ1) is 20.4. The van der Waals surface area contributed by atoms with Crippen molar-refractivity contribution in [2.75, 3.05) is 37.3 Å². The Hall–Kier alpha value is -5.30. The number of halogens is 1. The molecule has 0 aliphatic carbocycles. The van der Waals surface area contributed by atoms with Crippen LogP contribution in [0.25, 0.3) is 11.0 Å². The van der Waals surface area contributed by atoms with E-state index in [1.165, 1.54) is 8.80 Å². The Morgan fingerprint density at radius 2 is 1.05 bits per heavy atom. The van der Waals surface area contributed by atoms with Gasteiger partial charge in [-0.1, -0.05) is 18.2 Å². The van der Waals surface area contributed by atoms with Crippen molar-refractivity contribution in [2.24, 2.45) is 0 Å². The van der Waals surface area contributed by atoms with Gasteiger partial charge in [0.05, 0.1) is 21.3 Å². The number of nitrogens with one attached hydrogen (secondary N) is 3. The van der Waals surface area contributed by atoms with Gasteiger partial charge in [0, 0.05) is 35.3 Å². The number of ether oxygens (including phenoxy) is 3. The lowest BCUT2D eigenvalue weighted by molar-refractivity contribution is 0.415. The average molecular weight is 630 g/mol. The molecule has 0 atom stereocenters. The zero-order chi connectivity index (χ0) is 29.4. The number of hydrogen-bond donors (Lipinski definition) is 3. The third kappa shape index (κ3) is 4.79. The van der Waals surface area contributed by atoms with Crippen LogP contribution in [0.2, 0.25) is 0 Å². The first-order valence-electron chi connectivity index (χ1n) is 12.6. The zero-order valence-electron chi connectivity index (χ0n) is 22.6. The van der Waals surface area contributed by atoms with E-state index >= 15 is 0 Å². The van der Waals surface area contributed by atoms with Crippen LogP contribution in [-0.2, 0) is 0 Å². The predicted molar refractivity (Wildman–Crippen MR) is 164 cm³/mol. The summed E-state index contributed by atoms with van der Waals surface area (Å²) in [6, 6.07) is 21.4. The Morgan fingerprint density at radius 1 is 0.619 bits per heavy atom. The normalized spacial score (nSPS) is 11.0. The molecular weight excluding hydrogens is 606 g/mol. The largest absolute Gasteiger partial charge is 0.497 e. The van der Waals surface area contributed by atoms with Crippen LogP contribution in [0.4, 0.5) is 34.8 Å². The van der Waals surface area contributed by atoms with Crippen LogP contribution in [0.3, 0.4) is 0 Å². The Labute approximate surface area is 247 Å². The SMILES string of the molecule is COc1cccc(Nc2nc(Nc3cccc(OC)c3)n3c(=O)c4c(Br)nc(Nc5cccc(OC)c5)n4c(=O)c23)c1. The highest BCUT2D eigenvalue weighted by molar-refractivity contribution is 9.10. The number of nitrogens with zero attached hydrogens (tertiary/aromatic N) is 4. The van der Waals surface area contributed by atoms with Crippen molar-refractivity contribution in [3.05, 3.63) is 98.1 Å². The van der Waals surface area contributed by atoms with Crippen LogP contribution in [0, 0.1) is 0 Å². The summed E-state index contributed by atoms with van der Waals surface area (Å²) in [5.41, 5.74) is 0.842. The molecular formula is C29H24BrN7O5. The number of imidazole rings is 2. The smallest absolute Gasteiger partial charge is 0.286 e. The molecule has 3 N–H and O–H groups in total. The molecule has 12 nitrogen and oxygen atoms in total. The summed E-state index contributed by atoms with van der Waals surface area (Å²) in [4.78, 5) is 37.4. The summed E-state index contributed by atoms with van der Waals surface area (Å²) >= 11 is 3.38. The maximum Gasteiger partial charge on any atom is 0.286 e. The van der Waals surface area contributed by atoms with E-state index in [0.717, 1.165) is 0 Å². The van der Waals surface area contributed by atoms with Crippen LogP contribution in [-0.4, -0.2) is 40.1 Å². The van der Waals surface area contributed by atoms with E-state index in [-0.39, 0.29) is 33.4 Å². The number of hydrogen-bond acceptors (Lipinski definition) is 10. The van der Waals surface area contributed by atoms with E-state index < -0.39 is 11.1 Å². The lowest BCUT2D eigenvalue weighted by atomic mass is 10.3. The van der Waals surface area contributed by atoms with Crippen LogP contribution in [0.1, 0.15) is 0 Å². The van der Waals surface area contributed by atoms with E-state index in [4.69, 9.17) is 14.2 Å². The van der Waals surface area contributed by atoms with Crippen molar-refractivity contribution in [1.29, 1.82) is 0 Å². The molecule has 0 amide bonds. The van der Waals surface area contributed by atoms with E-state index in [1.807, 2.05) is 0 Å². The highest BCUT2D eigenvalue weighted by atomic mass is 79.9. The van der Waals surface area contributed by atoms with E-state index in [0.29, 0.717) is 34.3 Å². The standard InChI is InChI=1S/C29H24BrN7O5/c1-40-19-10-4-7-16(13-19)31-25-23-27(39)36-22(24(30)34-28(36)32-17-8-5-11-20(14-17)41-2)26(38)37(23)29(35-25)33-18-9-6-12-21(15-18)42-3/h4-15,31H,1-3H3,(H,32,34)(H,33,35). The molecule has 6 rings (SSSR count). The topological polar surface area (TPSA) is 133 Å². The van der Waals surface area contributed by atoms with Crippen LogP contribution >= 0.6 is 15.9 Å². The molecule has 6 aromatic rings. The second kappa shape index (κ2) is 10.9. The molecule has 0 aliphatic rings. The van der Waals surface area contributed by atoms with Gasteiger partial charge in [0.15, 0.2) is 16.9 Å². The van der Waals surface area contributed by atoms with Crippen molar-refractivity contribution in [3.63, 3.8) is 0 Å². The third-order valence-corrected chi connectivity index (χ3v) is 7.06. The quantitative estimate of drug-likeness (QED) is 0.197. The number of anilines is 6. The molecule has 0 unspecified atom stereocenters. The van der Waals surface area contributed by atoms with Crippen molar-refractivity contribution in [1.82, 2.24) is 18.8 Å². The molecule has 3 heterocycles. The van der Waals surface area contributed by atoms with Gasteiger partial charge in [-0.3, -0.25) is 9.59 Å². The lowest BCUT2D eigenvalue weighted by Gasteiger charge is -2.08. The summed E-state index contributed by atoms with van der Waals surface area (Å²) in [5, 5.41) is 9.46. The molecule has 0 aliphatic heterocycles. The van der Waals surface area contributed by atoms with Gasteiger partial charge in [-0.2, -0.15) is 4.98 Å². The molecule has 3 aromatic heterocycles. The number of aromatic nitrogens is 4. The third-order valence-electron chi connectivity index (χ3n) is 6.51. The minimum atomic E-state index is -0.523. The highest BCUT2D eigenvalue weighted by Gasteiger charge is 2.25. The van der Waals surface area contributed by atoms with Gasteiger partial charge in [0.2, 0.25) is 11.9 Å². The van der Waals surface area contributed by atoms with Gasteiger partial charge in [-0.05, 0) is 52.3 Å². The van der Waals surface area contributed by atoms with Crippen molar-refractivity contribution >= 4 is 61.7 Å². The lowest BCUT2D eigenvalue weighted by Crippen LogP contribution is -2.27. The second-order valence-corrected chi connectivity index (χ2v) is 9.81. The Morgan fingerprint density at radius 3 is 1.55 bits per heavy atom. The molecule has 3 aromatic carbocycles. The Balaban J connectivity index is 1.57. The first kappa shape index (κ1) is 26.9. The fraction of sp³-hybridized carbons (Fsp3) is 0.103. The highest BCUT2D eigenvalue weighted by Crippen LogP contribution is 2.29.